The van der Waals surface area contributed by atoms with Gasteiger partial charge in [-0.05, 0) is 95.8 Å². The highest BCUT2D eigenvalue weighted by Crippen LogP contribution is 2.51. The molecule has 0 amide bonds. The Kier molecular flexibility index (Phi) is 7.24. The molecular weight excluding hydrogens is 765 g/mol. The summed E-state index contributed by atoms with van der Waals surface area (Å²) in [6.07, 6.45) is 5.72. The molecule has 0 fully saturated rings. The first-order valence-corrected chi connectivity index (χ1v) is 21.0. The third-order valence-corrected chi connectivity index (χ3v) is 12.5. The number of pyridine rings is 1. The van der Waals surface area contributed by atoms with Crippen molar-refractivity contribution in [3.63, 3.8) is 0 Å². The Morgan fingerprint density at radius 1 is 0.556 bits per heavy atom. The molecular formula is C60H40N2O. The summed E-state index contributed by atoms with van der Waals surface area (Å²) in [7, 11) is 0. The zero-order valence-corrected chi connectivity index (χ0v) is 34.0. The lowest BCUT2D eigenvalue weighted by Gasteiger charge is -2.24. The van der Waals surface area contributed by atoms with Gasteiger partial charge in [-0.3, -0.25) is 4.99 Å². The van der Waals surface area contributed by atoms with Crippen LogP contribution in [0.4, 0.5) is 0 Å². The summed E-state index contributed by atoms with van der Waals surface area (Å²) in [6, 6.07) is 48.5. The van der Waals surface area contributed by atoms with Gasteiger partial charge in [-0.15, -0.1) is 6.58 Å². The molecule has 0 spiro atoms. The Balaban J connectivity index is 1.13. The monoisotopic (exact) mass is 810 g/mol. The number of nitrogens with zero attached hydrogens (tertiary/aromatic N) is 2. The molecule has 0 aliphatic heterocycles. The smallest absolute Gasteiger partial charge is 0.143 e. The molecule has 0 N–H and O–H groups in total. The van der Waals surface area contributed by atoms with Crippen LogP contribution in [0.1, 0.15) is 25.5 Å². The van der Waals surface area contributed by atoms with E-state index in [1.807, 2.05) is 91.0 Å². The van der Waals surface area contributed by atoms with Crippen LogP contribution >= 0.6 is 0 Å². The number of aliphatic imine (C=N–C) groups is 1. The van der Waals surface area contributed by atoms with Crippen LogP contribution in [0, 0.1) is 5.92 Å². The second-order valence-corrected chi connectivity index (χ2v) is 16.0. The fourth-order valence-electron chi connectivity index (χ4n) is 9.60. The highest BCUT2D eigenvalue weighted by molar-refractivity contribution is 6.26. The molecule has 0 bridgehead atoms. The standard InChI is InChI=1S/C60H40N2O/c1-3-37-24-27-42-30-35-52(62-58(42)57(37)61-2)49-34-33-46(47-22-10-11-23-48(47)49)44-20-13-21-45(36-44)56-55(38-14-6-4-7-15-38)60(63-59(56)43-16-8-5-9-17-43)51-32-29-41-26-25-39-18-12-19-40-28-31-50(51)54(41)53(39)40/h3-37,57H,1-2H2/i10D,11D,22D,23D,33D,34D. The lowest BCUT2D eigenvalue weighted by atomic mass is 9.87. The van der Waals surface area contributed by atoms with Crippen LogP contribution in [0.5, 0.6) is 0 Å². The molecule has 296 valence electrons. The highest BCUT2D eigenvalue weighted by atomic mass is 16.3. The SMILES string of the molecule is [2H]c1c([2H])c([2H])c2c(-c3ccc4c(n3)C(N=C)C(C=C)C=C4)c([2H])c([2H])c(-c3cccc(-c4c(-c5ccccc5)oc(-c5ccc6ccc7cccc8ccc5c6c78)c4-c4ccccc4)c3)c2c1[2H]. The van der Waals surface area contributed by atoms with Gasteiger partial charge >= 0.3 is 0 Å². The van der Waals surface area contributed by atoms with E-state index in [4.69, 9.17) is 12.1 Å². The molecule has 0 saturated heterocycles. The Bertz CT molecular complexity index is 3960. The summed E-state index contributed by atoms with van der Waals surface area (Å²) >= 11 is 0. The molecule has 9 aromatic carbocycles. The van der Waals surface area contributed by atoms with Crippen LogP contribution in [0.25, 0.3) is 116 Å². The van der Waals surface area contributed by atoms with Gasteiger partial charge in [-0.25, -0.2) is 4.98 Å². The van der Waals surface area contributed by atoms with Gasteiger partial charge < -0.3 is 4.42 Å². The summed E-state index contributed by atoms with van der Waals surface area (Å²) < 4.78 is 63.4. The van der Waals surface area contributed by atoms with Gasteiger partial charge in [0.2, 0.25) is 0 Å². The van der Waals surface area contributed by atoms with E-state index in [2.05, 4.69) is 85.0 Å². The van der Waals surface area contributed by atoms with Crippen molar-refractivity contribution in [3.8, 4) is 67.3 Å². The number of rotatable bonds is 8. The Morgan fingerprint density at radius 2 is 1.19 bits per heavy atom. The zero-order chi connectivity index (χ0) is 47.2. The Morgan fingerprint density at radius 3 is 1.95 bits per heavy atom. The van der Waals surface area contributed by atoms with Crippen LogP contribution in [0.3, 0.4) is 0 Å². The first kappa shape index (κ1) is 30.8. The van der Waals surface area contributed by atoms with E-state index < -0.39 is 18.1 Å². The van der Waals surface area contributed by atoms with E-state index >= 15 is 0 Å². The van der Waals surface area contributed by atoms with Crippen LogP contribution in [-0.4, -0.2) is 11.7 Å². The zero-order valence-electron chi connectivity index (χ0n) is 40.0. The quantitative estimate of drug-likeness (QED) is 0.0871. The maximum atomic E-state index is 9.79. The average Bonchev–Trinajstić information content (AvgIpc) is 3.80. The minimum Gasteiger partial charge on any atom is -0.455 e. The predicted octanol–water partition coefficient (Wildman–Crippen LogP) is 16.3. The van der Waals surface area contributed by atoms with Crippen molar-refractivity contribution < 1.29 is 12.6 Å². The van der Waals surface area contributed by atoms with Gasteiger partial charge in [0.15, 0.2) is 0 Å². The van der Waals surface area contributed by atoms with E-state index in [0.29, 0.717) is 28.5 Å². The van der Waals surface area contributed by atoms with Crippen LogP contribution in [-0.2, 0) is 0 Å². The minimum absolute atomic E-state index is 0.110. The first-order chi connectivity index (χ1) is 33.7. The molecule has 2 unspecified atom stereocenters. The average molecular weight is 811 g/mol. The van der Waals surface area contributed by atoms with Gasteiger partial charge in [0.1, 0.15) is 17.6 Å². The molecule has 11 aromatic rings. The number of hydrogen-bond donors (Lipinski definition) is 0. The van der Waals surface area contributed by atoms with Gasteiger partial charge in [-0.1, -0.05) is 188 Å². The molecule has 3 heteroatoms. The summed E-state index contributed by atoms with van der Waals surface area (Å²) in [5, 5.41) is 7.14. The molecule has 0 radical (unpaired) electrons. The van der Waals surface area contributed by atoms with Gasteiger partial charge in [0, 0.05) is 33.7 Å². The third-order valence-electron chi connectivity index (χ3n) is 12.5. The summed E-state index contributed by atoms with van der Waals surface area (Å²) in [4.78, 5) is 9.39. The van der Waals surface area contributed by atoms with E-state index in [9.17, 15) is 5.48 Å². The Labute approximate surface area is 374 Å². The number of benzene rings is 9. The van der Waals surface area contributed by atoms with Crippen molar-refractivity contribution in [2.45, 2.75) is 6.04 Å². The topological polar surface area (TPSA) is 38.4 Å². The third kappa shape index (κ3) is 5.89. The summed E-state index contributed by atoms with van der Waals surface area (Å²) in [5.41, 5.74) is 7.75. The van der Waals surface area contributed by atoms with Crippen molar-refractivity contribution >= 4 is 55.9 Å². The van der Waals surface area contributed by atoms with E-state index in [0.717, 1.165) is 55.1 Å². The maximum absolute atomic E-state index is 9.79. The molecule has 63 heavy (non-hydrogen) atoms. The van der Waals surface area contributed by atoms with Crippen LogP contribution in [0.15, 0.2) is 216 Å². The van der Waals surface area contributed by atoms with Crippen LogP contribution in [0.2, 0.25) is 0 Å². The largest absolute Gasteiger partial charge is 0.455 e. The van der Waals surface area contributed by atoms with Crippen molar-refractivity contribution in [3.05, 3.63) is 218 Å². The molecule has 1 aliphatic rings. The minimum atomic E-state index is -0.451. The van der Waals surface area contributed by atoms with Gasteiger partial charge in [0.05, 0.1) is 19.6 Å². The van der Waals surface area contributed by atoms with Crippen molar-refractivity contribution in [2.24, 2.45) is 10.9 Å². The summed E-state index contributed by atoms with van der Waals surface area (Å²) in [6.45, 7) is 7.81. The number of hydrogen-bond acceptors (Lipinski definition) is 3. The molecule has 2 heterocycles. The molecule has 2 aromatic heterocycles. The van der Waals surface area contributed by atoms with Crippen molar-refractivity contribution in [2.75, 3.05) is 0 Å². The second-order valence-electron chi connectivity index (χ2n) is 16.0. The highest BCUT2D eigenvalue weighted by Gasteiger charge is 2.28. The molecule has 12 rings (SSSR count). The molecule has 2 atom stereocenters. The lowest BCUT2D eigenvalue weighted by molar-refractivity contribution is 0.599. The maximum Gasteiger partial charge on any atom is 0.143 e. The predicted molar refractivity (Wildman–Crippen MR) is 265 cm³/mol. The summed E-state index contributed by atoms with van der Waals surface area (Å²) in [5.74, 6) is 1.17. The van der Waals surface area contributed by atoms with Gasteiger partial charge in [-0.2, -0.15) is 0 Å². The van der Waals surface area contributed by atoms with E-state index in [1.165, 1.54) is 16.2 Å². The van der Waals surface area contributed by atoms with Gasteiger partial charge in [0.25, 0.3) is 0 Å². The molecule has 1 aliphatic carbocycles. The number of furan rings is 1. The number of aromatic nitrogens is 1. The lowest BCUT2D eigenvalue weighted by Crippen LogP contribution is -2.13. The molecule has 0 saturated carbocycles. The normalized spacial score (nSPS) is 16.1. The van der Waals surface area contributed by atoms with Crippen molar-refractivity contribution in [1.29, 1.82) is 0 Å². The fraction of sp³-hybridized carbons (Fsp3) is 0.0333. The second kappa shape index (κ2) is 14.8. The number of fused-ring (bicyclic) bond motifs is 2. The first-order valence-electron chi connectivity index (χ1n) is 24.0. The molecule has 3 nitrogen and oxygen atoms in total. The Hall–Kier alpha value is -8.14. The van der Waals surface area contributed by atoms with Crippen LogP contribution < -0.4 is 0 Å². The van der Waals surface area contributed by atoms with Crippen molar-refractivity contribution in [1.82, 2.24) is 4.98 Å². The van der Waals surface area contributed by atoms with E-state index in [-0.39, 0.29) is 52.0 Å². The fourth-order valence-corrected chi connectivity index (χ4v) is 9.60. The van der Waals surface area contributed by atoms with E-state index in [1.54, 1.807) is 12.1 Å².